The molecule has 0 aliphatic rings. The van der Waals surface area contributed by atoms with Gasteiger partial charge in [-0.3, -0.25) is 9.59 Å². The highest BCUT2D eigenvalue weighted by Gasteiger charge is 2.20. The maximum atomic E-state index is 12.6. The summed E-state index contributed by atoms with van der Waals surface area (Å²) in [6.45, 7) is 3.27. The van der Waals surface area contributed by atoms with Crippen molar-refractivity contribution in [1.82, 2.24) is 15.6 Å². The molecule has 0 fully saturated rings. The van der Waals surface area contributed by atoms with Crippen LogP contribution in [0.3, 0.4) is 0 Å². The third kappa shape index (κ3) is 5.57. The second-order valence-electron chi connectivity index (χ2n) is 6.70. The van der Waals surface area contributed by atoms with Crippen LogP contribution >= 0.6 is 0 Å². The van der Waals surface area contributed by atoms with Crippen LogP contribution in [0.1, 0.15) is 24.2 Å². The zero-order valence-corrected chi connectivity index (χ0v) is 17.3. The molecule has 3 aromatic rings. The number of carbonyl (C=O) groups is 3. The number of oxazole rings is 1. The molecule has 3 rings (SSSR count). The first-order chi connectivity index (χ1) is 15.0. The minimum atomic E-state index is -0.734. The molecule has 160 valence electrons. The average Bonchev–Trinajstić information content (AvgIpc) is 3.28. The third-order valence-electron chi connectivity index (χ3n) is 4.40. The number of aromatic nitrogens is 1. The highest BCUT2D eigenvalue weighted by Crippen LogP contribution is 2.28. The Balaban J connectivity index is 1.68. The minimum absolute atomic E-state index is 0.216. The molecule has 2 amide bonds. The van der Waals surface area contributed by atoms with E-state index in [2.05, 4.69) is 15.6 Å². The molecule has 0 bridgehead atoms. The van der Waals surface area contributed by atoms with Gasteiger partial charge in [-0.15, -0.1) is 0 Å². The van der Waals surface area contributed by atoms with Gasteiger partial charge in [0.15, 0.2) is 12.4 Å². The number of ether oxygens (including phenoxy) is 1. The predicted octanol–water partition coefficient (Wildman–Crippen LogP) is 2.81. The van der Waals surface area contributed by atoms with Gasteiger partial charge in [-0.1, -0.05) is 42.5 Å². The molecular formula is C23H23N3O5. The van der Waals surface area contributed by atoms with Crippen LogP contribution in [0.2, 0.25) is 0 Å². The van der Waals surface area contributed by atoms with E-state index < -0.39 is 24.5 Å². The van der Waals surface area contributed by atoms with Crippen LogP contribution < -0.4 is 10.6 Å². The molecule has 0 spiro atoms. The number of nitrogens with zero attached hydrogens (tertiary/aromatic N) is 1. The van der Waals surface area contributed by atoms with Crippen molar-refractivity contribution in [3.05, 3.63) is 66.4 Å². The summed E-state index contributed by atoms with van der Waals surface area (Å²) in [5.41, 5.74) is 1.53. The lowest BCUT2D eigenvalue weighted by Crippen LogP contribution is -2.46. The van der Waals surface area contributed by atoms with E-state index in [9.17, 15) is 14.4 Å². The lowest BCUT2D eigenvalue weighted by atomic mass is 10.1. The Hall–Kier alpha value is -3.94. The van der Waals surface area contributed by atoms with E-state index in [1.54, 1.807) is 44.3 Å². The summed E-state index contributed by atoms with van der Waals surface area (Å²) in [6.07, 6.45) is 1.59. The first-order valence-corrected chi connectivity index (χ1v) is 9.84. The van der Waals surface area contributed by atoms with Crippen molar-refractivity contribution >= 4 is 17.8 Å². The van der Waals surface area contributed by atoms with Crippen LogP contribution in [0, 0.1) is 0 Å². The van der Waals surface area contributed by atoms with Crippen molar-refractivity contribution in [2.24, 2.45) is 0 Å². The van der Waals surface area contributed by atoms with Gasteiger partial charge >= 0.3 is 5.97 Å². The highest BCUT2D eigenvalue weighted by molar-refractivity contribution is 5.97. The Kier molecular flexibility index (Phi) is 7.16. The first kappa shape index (κ1) is 21.8. The molecule has 8 nitrogen and oxygen atoms in total. The number of carbonyl (C=O) groups excluding carboxylic acids is 3. The normalized spacial score (nSPS) is 11.4. The fraction of sp³-hybridized carbons (Fsp3) is 0.217. The molecular weight excluding hydrogens is 398 g/mol. The molecule has 1 heterocycles. The Morgan fingerprint density at radius 3 is 2.52 bits per heavy atom. The molecule has 0 saturated heterocycles. The van der Waals surface area contributed by atoms with Crippen LogP contribution in [0.5, 0.6) is 0 Å². The number of hydrogen-bond donors (Lipinski definition) is 2. The van der Waals surface area contributed by atoms with Crippen molar-refractivity contribution < 1.29 is 23.5 Å². The molecule has 1 aromatic heterocycles. The summed E-state index contributed by atoms with van der Waals surface area (Å²) in [6, 6.07) is 15.4. The van der Waals surface area contributed by atoms with E-state index in [-0.39, 0.29) is 17.4 Å². The Labute approximate surface area is 179 Å². The van der Waals surface area contributed by atoms with E-state index in [1.165, 1.54) is 0 Å². The Morgan fingerprint density at radius 1 is 1.06 bits per heavy atom. The minimum Gasteiger partial charge on any atom is -0.452 e. The standard InChI is InChI=1S/C23H23N3O5/c1-3-24-21(28)15(2)26-20(27)14-30-23(29)18-12-8-7-11-17(18)22-25-13-19(31-22)16-9-5-4-6-10-16/h4-13,15H,3,14H2,1-2H3,(H,24,28)(H,26,27)/t15-/m0/s1. The van der Waals surface area contributed by atoms with Gasteiger partial charge in [0.1, 0.15) is 6.04 Å². The van der Waals surface area contributed by atoms with Crippen molar-refractivity contribution in [1.29, 1.82) is 0 Å². The summed E-state index contributed by atoms with van der Waals surface area (Å²) in [5, 5.41) is 5.08. The summed E-state index contributed by atoms with van der Waals surface area (Å²) >= 11 is 0. The predicted molar refractivity (Wildman–Crippen MR) is 114 cm³/mol. The highest BCUT2D eigenvalue weighted by atomic mass is 16.5. The largest absolute Gasteiger partial charge is 0.452 e. The van der Waals surface area contributed by atoms with E-state index in [1.807, 2.05) is 30.3 Å². The second kappa shape index (κ2) is 10.2. The van der Waals surface area contributed by atoms with Crippen LogP contribution in [-0.2, 0) is 14.3 Å². The Morgan fingerprint density at radius 2 is 1.77 bits per heavy atom. The van der Waals surface area contributed by atoms with E-state index >= 15 is 0 Å². The molecule has 0 aliphatic heterocycles. The topological polar surface area (TPSA) is 111 Å². The summed E-state index contributed by atoms with van der Waals surface area (Å²) in [4.78, 5) is 40.6. The van der Waals surface area contributed by atoms with Gasteiger partial charge in [0.2, 0.25) is 11.8 Å². The molecule has 2 N–H and O–H groups in total. The van der Waals surface area contributed by atoms with Crippen molar-refractivity contribution in [2.75, 3.05) is 13.2 Å². The van der Waals surface area contributed by atoms with Gasteiger partial charge in [0.05, 0.1) is 17.3 Å². The van der Waals surface area contributed by atoms with Gasteiger partial charge < -0.3 is 19.8 Å². The molecule has 0 radical (unpaired) electrons. The fourth-order valence-corrected chi connectivity index (χ4v) is 2.87. The average molecular weight is 421 g/mol. The molecule has 0 aliphatic carbocycles. The summed E-state index contributed by atoms with van der Waals surface area (Å²) < 4.78 is 11.0. The zero-order valence-electron chi connectivity index (χ0n) is 17.3. The number of amides is 2. The number of benzene rings is 2. The van der Waals surface area contributed by atoms with Crippen molar-refractivity contribution in [3.63, 3.8) is 0 Å². The number of nitrogens with one attached hydrogen (secondary N) is 2. The molecule has 1 atom stereocenters. The third-order valence-corrected chi connectivity index (χ3v) is 4.40. The van der Waals surface area contributed by atoms with Crippen LogP contribution in [0.4, 0.5) is 0 Å². The zero-order chi connectivity index (χ0) is 22.2. The molecule has 0 saturated carbocycles. The summed E-state index contributed by atoms with van der Waals surface area (Å²) in [7, 11) is 0. The van der Waals surface area contributed by atoms with Gasteiger partial charge in [-0.2, -0.15) is 0 Å². The first-order valence-electron chi connectivity index (χ1n) is 9.84. The maximum absolute atomic E-state index is 12.6. The quantitative estimate of drug-likeness (QED) is 0.541. The second-order valence-corrected chi connectivity index (χ2v) is 6.70. The fourth-order valence-electron chi connectivity index (χ4n) is 2.87. The molecule has 8 heteroatoms. The lowest BCUT2D eigenvalue weighted by Gasteiger charge is -2.13. The van der Waals surface area contributed by atoms with Crippen LogP contribution in [-0.4, -0.2) is 42.0 Å². The van der Waals surface area contributed by atoms with E-state index in [0.717, 1.165) is 5.56 Å². The number of rotatable bonds is 8. The number of esters is 1. The van der Waals surface area contributed by atoms with Gasteiger partial charge in [-0.05, 0) is 26.0 Å². The van der Waals surface area contributed by atoms with E-state index in [0.29, 0.717) is 17.9 Å². The lowest BCUT2D eigenvalue weighted by molar-refractivity contribution is -0.130. The Bertz CT molecular complexity index is 1060. The van der Waals surface area contributed by atoms with Crippen molar-refractivity contribution in [2.45, 2.75) is 19.9 Å². The van der Waals surface area contributed by atoms with Gasteiger partial charge in [0, 0.05) is 12.1 Å². The number of hydrogen-bond acceptors (Lipinski definition) is 6. The van der Waals surface area contributed by atoms with Gasteiger partial charge in [-0.25, -0.2) is 9.78 Å². The maximum Gasteiger partial charge on any atom is 0.339 e. The number of likely N-dealkylation sites (N-methyl/N-ethyl adjacent to an activating group) is 1. The van der Waals surface area contributed by atoms with E-state index in [4.69, 9.17) is 9.15 Å². The smallest absolute Gasteiger partial charge is 0.339 e. The van der Waals surface area contributed by atoms with Crippen molar-refractivity contribution in [3.8, 4) is 22.8 Å². The van der Waals surface area contributed by atoms with Crippen LogP contribution in [0.25, 0.3) is 22.8 Å². The molecule has 0 unspecified atom stereocenters. The molecule has 2 aromatic carbocycles. The molecule has 31 heavy (non-hydrogen) atoms. The monoisotopic (exact) mass is 421 g/mol. The van der Waals surface area contributed by atoms with Gasteiger partial charge in [0.25, 0.3) is 5.91 Å². The summed E-state index contributed by atoms with van der Waals surface area (Å²) in [5.74, 6) is -0.758. The SMILES string of the molecule is CCNC(=O)[C@H](C)NC(=O)COC(=O)c1ccccc1-c1ncc(-c2ccccc2)o1. The van der Waals surface area contributed by atoms with Crippen LogP contribution in [0.15, 0.2) is 65.2 Å².